The number of nitrogens with one attached hydrogen (secondary N) is 9. The van der Waals surface area contributed by atoms with Gasteiger partial charge < -0.3 is 134 Å². The molecule has 2 saturated heterocycles. The number of carbonyl (C=O) groups is 9. The quantitative estimate of drug-likeness (QED) is 0.0638. The fourth-order valence-electron chi connectivity index (χ4n) is 13.4. The molecule has 39 heteroatoms. The van der Waals surface area contributed by atoms with E-state index in [1.807, 2.05) is 13.8 Å². The van der Waals surface area contributed by atoms with Crippen LogP contribution in [0.4, 0.5) is 5.82 Å². The molecule has 0 aliphatic carbocycles. The van der Waals surface area contributed by atoms with Gasteiger partial charge in [-0.15, -0.1) is 0 Å². The number of nitrogens with two attached hydrogens (primary N) is 2. The second kappa shape index (κ2) is 34.4. The third-order valence-corrected chi connectivity index (χ3v) is 20.0. The van der Waals surface area contributed by atoms with Crippen LogP contribution in [0.5, 0.6) is 46.0 Å². The average molecular weight is 1620 g/mol. The molecule has 18 unspecified atom stereocenters. The number of hydrogen-bond donors (Lipinski definition) is 20. The van der Waals surface area contributed by atoms with Gasteiger partial charge in [0.15, 0.2) is 23.9 Å². The smallest absolute Gasteiger partial charge is 0.248 e. The summed E-state index contributed by atoms with van der Waals surface area (Å²) in [7, 11) is 1.47. The Hall–Kier alpha value is -10.3. The summed E-state index contributed by atoms with van der Waals surface area (Å²) in [5, 5.41) is 127. The van der Waals surface area contributed by atoms with Gasteiger partial charge in [-0.3, -0.25) is 43.2 Å². The molecule has 22 N–H and O–H groups in total. The molecule has 7 aliphatic rings. The maximum atomic E-state index is 16.2. The Labute approximate surface area is 652 Å². The van der Waals surface area contributed by atoms with Crippen molar-refractivity contribution >= 4 is 93.8 Å². The number of ether oxygens (including phenoxy) is 6. The first-order valence-corrected chi connectivity index (χ1v) is 36.1. The van der Waals surface area contributed by atoms with E-state index in [0.717, 1.165) is 66.7 Å². The zero-order chi connectivity index (χ0) is 81.2. The van der Waals surface area contributed by atoms with Crippen LogP contribution in [0.1, 0.15) is 105 Å². The molecule has 5 aromatic carbocycles. The molecule has 36 nitrogen and oxygen atoms in total. The lowest BCUT2D eigenvalue weighted by Crippen LogP contribution is -2.64. The minimum atomic E-state index is -2.38. The van der Waals surface area contributed by atoms with Crippen molar-refractivity contribution in [3.63, 3.8) is 0 Å². The van der Waals surface area contributed by atoms with E-state index in [4.69, 9.17) is 74.7 Å². The second-order valence-corrected chi connectivity index (χ2v) is 29.3. The minimum absolute atomic E-state index is 0.00222. The van der Waals surface area contributed by atoms with Crippen LogP contribution in [0.15, 0.2) is 97.2 Å². The lowest BCUT2D eigenvalue weighted by Gasteiger charge is -2.47. The summed E-state index contributed by atoms with van der Waals surface area (Å²) in [4.78, 5) is 137. The number of primary amides is 1. The van der Waals surface area contributed by atoms with E-state index in [-0.39, 0.29) is 57.1 Å². The topological polar surface area (TPSA) is 564 Å². The Morgan fingerprint density at radius 1 is 0.714 bits per heavy atom. The summed E-state index contributed by atoms with van der Waals surface area (Å²) in [6.07, 6.45) is -17.6. The number of likely N-dealkylation sites (N-methyl/N-ethyl adjacent to an activating group) is 1. The lowest BCUT2D eigenvalue weighted by atomic mass is 9.86. The predicted molar refractivity (Wildman–Crippen MR) is 393 cm³/mol. The number of aromatic nitrogens is 1. The van der Waals surface area contributed by atoms with Gasteiger partial charge in [-0.25, -0.2) is 4.98 Å². The Morgan fingerprint density at radius 2 is 1.35 bits per heavy atom. The summed E-state index contributed by atoms with van der Waals surface area (Å²) in [6.45, 7) is 4.79. The number of hydrogen-bond acceptors (Lipinski definition) is 27. The summed E-state index contributed by atoms with van der Waals surface area (Å²) < 4.78 is 38.5. The van der Waals surface area contributed by atoms with E-state index in [1.54, 1.807) is 0 Å². The van der Waals surface area contributed by atoms with Crippen LogP contribution in [0.2, 0.25) is 15.1 Å². The molecule has 7 aliphatic heterocycles. The fourth-order valence-corrected chi connectivity index (χ4v) is 14.0. The van der Waals surface area contributed by atoms with E-state index < -0.39 is 250 Å². The van der Waals surface area contributed by atoms with Crippen LogP contribution < -0.4 is 73.5 Å². The Morgan fingerprint density at radius 3 is 1.96 bits per heavy atom. The number of halogens is 3. The molecule has 13 rings (SSSR count). The number of phenolic OH excluding ortho intramolecular Hbond substituents is 3. The lowest BCUT2D eigenvalue weighted by molar-refractivity contribution is -0.333. The third kappa shape index (κ3) is 18.3. The Balaban J connectivity index is 1.13. The molecule has 0 saturated carbocycles. The number of pyridine rings is 1. The highest BCUT2D eigenvalue weighted by Crippen LogP contribution is 2.50. The molecule has 0 spiro atoms. The number of aliphatic hydroxyl groups excluding tert-OH is 6. The predicted octanol–water partition coefficient (Wildman–Crippen LogP) is 0.825. The van der Waals surface area contributed by atoms with Crippen molar-refractivity contribution in [2.24, 2.45) is 17.4 Å². The van der Waals surface area contributed by atoms with Gasteiger partial charge in [-0.2, -0.15) is 0 Å². The van der Waals surface area contributed by atoms with E-state index in [2.05, 4.69) is 52.8 Å². The number of aromatic hydroxyl groups is 3. The summed E-state index contributed by atoms with van der Waals surface area (Å²) in [5.41, 5.74) is 8.06. The summed E-state index contributed by atoms with van der Waals surface area (Å²) in [5.74, 6) is -16.5. The number of fused-ring (bicyclic) bond motifs is 15. The van der Waals surface area contributed by atoms with E-state index in [0.29, 0.717) is 0 Å². The number of anilines is 1. The molecule has 8 heterocycles. The van der Waals surface area contributed by atoms with Gasteiger partial charge in [0.05, 0.1) is 52.9 Å². The van der Waals surface area contributed by atoms with E-state index >= 15 is 19.2 Å². The van der Waals surface area contributed by atoms with Gasteiger partial charge in [0.25, 0.3) is 0 Å². The molecule has 9 amide bonds. The van der Waals surface area contributed by atoms with Crippen molar-refractivity contribution in [3.05, 3.63) is 140 Å². The van der Waals surface area contributed by atoms with Crippen molar-refractivity contribution in [2.75, 3.05) is 25.5 Å². The molecule has 11 bridgehead atoms. The SMILES string of the molecule is CNC(CC(C)C)C(=O)NC1C(=O)NC(CC(N)=O)C(=O)NC2C(=O)NC3C(=O)NC(C(=O)NC(C(=O)NCC(=O)Nc4ccc(Cl)cn4)c4cc(O)cc(O)c4-c4cc3ccc4O)C(O)c3ccc(c(Cl)c3)Oc3cc2cc(c3OC2OC(CO)C(O)C(O)C2OC2CC(C)(N)C(O)C(C)O2)Oc2ccc(cc2Cl)C1O. The van der Waals surface area contributed by atoms with Gasteiger partial charge in [0.1, 0.15) is 101 Å². The molecular formula is C73H81Cl3N12O24. The molecular weight excluding hydrogens is 1540 g/mol. The van der Waals surface area contributed by atoms with Gasteiger partial charge in [0.2, 0.25) is 65.2 Å². The summed E-state index contributed by atoms with van der Waals surface area (Å²) >= 11 is 20.2. The van der Waals surface area contributed by atoms with Crippen molar-refractivity contribution in [1.29, 1.82) is 0 Å². The first kappa shape index (κ1) is 82.7. The minimum Gasteiger partial charge on any atom is -0.508 e. The maximum Gasteiger partial charge on any atom is 0.248 e. The van der Waals surface area contributed by atoms with Crippen LogP contribution in [-0.4, -0.2) is 203 Å². The highest BCUT2D eigenvalue weighted by Gasteiger charge is 2.52. The molecule has 112 heavy (non-hydrogen) atoms. The van der Waals surface area contributed by atoms with Crippen molar-refractivity contribution in [3.8, 4) is 57.1 Å². The summed E-state index contributed by atoms with van der Waals surface area (Å²) in [6, 6.07) is 2.10. The number of nitrogens with zero attached hydrogens (tertiary/aromatic N) is 1. The van der Waals surface area contributed by atoms with Gasteiger partial charge in [-0.1, -0.05) is 66.8 Å². The standard InChI is InChI=1S/C73H81Cl3N12O24/c1-27(2)14-39(79-5)65(100)87-56-58(95)30-7-11-43(37(75)16-30)108-45-18-32-19-46(62(45)112-72-63(61(98)60(97)47(26-89)110-72)111-51-23-73(4,78)64(99)28(3)107-51)109-44-12-8-31(17-38(44)76)59(96)57-71(106)86-55(67(102)81-25-50(94)83-49-13-9-33(74)24-80-49)36-20-34(90)21-42(92)52(36)35-15-29(6-10-41(35)91)53(68(103)88-57)85-69(104)54(32)84-66(101)40(22-48(77)93)82-70(56)105/h6-13,15-21,24,27-28,39-40,47,51,53-61,63-64,72,79,89-92,95-99H,14,22-23,25-26,78H2,1-5H3,(H2,77,93)(H,81,102)(H,82,105)(H,84,101)(H,85,104)(H,86,106)(H,87,100)(H,88,103)(H,80,83,94). The Kier molecular flexibility index (Phi) is 25.4. The molecule has 2 fully saturated rings. The van der Waals surface area contributed by atoms with Gasteiger partial charge in [0, 0.05) is 35.3 Å². The maximum absolute atomic E-state index is 16.2. The van der Waals surface area contributed by atoms with Crippen LogP contribution in [0, 0.1) is 5.92 Å². The van der Waals surface area contributed by atoms with Crippen LogP contribution >= 0.6 is 34.8 Å². The highest BCUT2D eigenvalue weighted by atomic mass is 35.5. The average Bonchev–Trinajstić information content (AvgIpc) is 0.769. The molecule has 6 aromatic rings. The highest BCUT2D eigenvalue weighted by molar-refractivity contribution is 6.32. The van der Waals surface area contributed by atoms with Crippen LogP contribution in [-0.2, 0) is 57.4 Å². The Bertz CT molecular complexity index is 4640. The first-order chi connectivity index (χ1) is 53.0. The number of phenols is 3. The molecule has 0 radical (unpaired) electrons. The monoisotopic (exact) mass is 1610 g/mol. The molecule has 1 aromatic heterocycles. The number of aliphatic hydroxyl groups is 6. The number of rotatable bonds is 16. The normalized spacial score (nSPS) is 27.6. The first-order valence-electron chi connectivity index (χ1n) is 34.9. The fraction of sp³-hybridized carbons (Fsp3) is 0.397. The van der Waals surface area contributed by atoms with Crippen LogP contribution in [0.3, 0.4) is 0 Å². The zero-order valence-electron chi connectivity index (χ0n) is 60.0. The zero-order valence-corrected chi connectivity index (χ0v) is 62.3. The third-order valence-electron chi connectivity index (χ3n) is 19.2. The second-order valence-electron chi connectivity index (χ2n) is 28.0. The van der Waals surface area contributed by atoms with Crippen molar-refractivity contribution < 1.29 is 118 Å². The van der Waals surface area contributed by atoms with Gasteiger partial charge in [-0.05, 0) is 128 Å². The van der Waals surface area contributed by atoms with Crippen molar-refractivity contribution in [1.82, 2.24) is 47.5 Å². The van der Waals surface area contributed by atoms with Crippen LogP contribution in [0.25, 0.3) is 11.1 Å². The number of amides is 9. The number of carbonyl (C=O) groups excluding carboxylic acids is 9. The molecule has 18 atom stereocenters. The molecule has 598 valence electrons. The van der Waals surface area contributed by atoms with E-state index in [9.17, 15) is 69.9 Å². The number of benzene rings is 5. The largest absolute Gasteiger partial charge is 0.508 e. The van der Waals surface area contributed by atoms with E-state index in [1.165, 1.54) is 51.4 Å². The van der Waals surface area contributed by atoms with Gasteiger partial charge >= 0.3 is 0 Å². The van der Waals surface area contributed by atoms with Crippen molar-refractivity contribution in [2.45, 2.75) is 156 Å².